The molecule has 0 radical (unpaired) electrons. The number of Topliss-reactive ketones (excluding diaryl/α,β-unsaturated/α-hetero) is 1. The first kappa shape index (κ1) is 8.95. The van der Waals surface area contributed by atoms with Crippen LogP contribution in [0.3, 0.4) is 0 Å². The number of carbonyl (C=O) groups excluding carboxylic acids is 1. The van der Waals surface area contributed by atoms with Crippen molar-refractivity contribution in [2.75, 3.05) is 7.05 Å². The van der Waals surface area contributed by atoms with E-state index in [9.17, 15) is 4.79 Å². The van der Waals surface area contributed by atoms with Crippen molar-refractivity contribution in [3.63, 3.8) is 0 Å². The second kappa shape index (κ2) is 4.79. The molecule has 0 rings (SSSR count). The van der Waals surface area contributed by atoms with Crippen molar-refractivity contribution >= 4 is 5.78 Å². The van der Waals surface area contributed by atoms with E-state index in [1.54, 1.807) is 26.2 Å². The first-order valence-electron chi connectivity index (χ1n) is 3.19. The molecule has 0 bridgehead atoms. The van der Waals surface area contributed by atoms with Gasteiger partial charge in [-0.25, -0.2) is 0 Å². The molecular formula is C8H13NO. The largest absolute Gasteiger partial charge is 0.394 e. The van der Waals surface area contributed by atoms with Crippen LogP contribution in [0.1, 0.15) is 13.3 Å². The fourth-order valence-corrected chi connectivity index (χ4v) is 0.655. The van der Waals surface area contributed by atoms with Gasteiger partial charge in [0.1, 0.15) is 5.78 Å². The highest BCUT2D eigenvalue weighted by Gasteiger charge is 1.94. The van der Waals surface area contributed by atoms with Gasteiger partial charge in [0.25, 0.3) is 0 Å². The highest BCUT2D eigenvalue weighted by molar-refractivity contribution is 5.78. The normalized spacial score (nSPS) is 10.8. The third-order valence-corrected chi connectivity index (χ3v) is 1.04. The third kappa shape index (κ3) is 3.89. The molecule has 0 saturated carbocycles. The van der Waals surface area contributed by atoms with Crippen molar-refractivity contribution < 1.29 is 4.79 Å². The zero-order chi connectivity index (χ0) is 7.98. The van der Waals surface area contributed by atoms with Crippen molar-refractivity contribution in [3.8, 4) is 0 Å². The van der Waals surface area contributed by atoms with E-state index >= 15 is 0 Å². The molecule has 1 N–H and O–H groups in total. The molecular weight excluding hydrogens is 126 g/mol. The molecule has 56 valence electrons. The first-order chi connectivity index (χ1) is 4.70. The van der Waals surface area contributed by atoms with Gasteiger partial charge in [0.2, 0.25) is 0 Å². The summed E-state index contributed by atoms with van der Waals surface area (Å²) in [7, 11) is 1.80. The fraction of sp³-hybridized carbons (Fsp3) is 0.375. The van der Waals surface area contributed by atoms with Crippen LogP contribution in [0.25, 0.3) is 0 Å². The van der Waals surface area contributed by atoms with Gasteiger partial charge in [-0.15, -0.1) is 0 Å². The van der Waals surface area contributed by atoms with E-state index in [2.05, 4.69) is 11.9 Å². The molecule has 0 aromatic carbocycles. The zero-order valence-corrected chi connectivity index (χ0v) is 6.48. The van der Waals surface area contributed by atoms with Crippen molar-refractivity contribution in [2.24, 2.45) is 0 Å². The number of hydrogen-bond acceptors (Lipinski definition) is 2. The molecule has 0 fully saturated rings. The number of hydrogen-bond donors (Lipinski definition) is 1. The van der Waals surface area contributed by atoms with Crippen molar-refractivity contribution in [1.29, 1.82) is 0 Å². The lowest BCUT2D eigenvalue weighted by molar-refractivity contribution is -0.116. The Balaban J connectivity index is 3.95. The van der Waals surface area contributed by atoms with Crippen molar-refractivity contribution in [3.05, 3.63) is 24.4 Å². The van der Waals surface area contributed by atoms with Crippen LogP contribution in [-0.4, -0.2) is 12.8 Å². The van der Waals surface area contributed by atoms with Crippen molar-refractivity contribution in [2.45, 2.75) is 13.3 Å². The second-order valence-electron chi connectivity index (χ2n) is 2.09. The summed E-state index contributed by atoms with van der Waals surface area (Å²) in [6, 6.07) is 0. The van der Waals surface area contributed by atoms with Gasteiger partial charge in [0, 0.05) is 13.5 Å². The van der Waals surface area contributed by atoms with Gasteiger partial charge < -0.3 is 5.32 Å². The first-order valence-corrected chi connectivity index (χ1v) is 3.19. The molecule has 0 aliphatic heterocycles. The van der Waals surface area contributed by atoms with Crippen LogP contribution in [-0.2, 0) is 4.79 Å². The van der Waals surface area contributed by atoms with Gasteiger partial charge in [0.05, 0.1) is 0 Å². The molecule has 0 saturated heterocycles. The van der Waals surface area contributed by atoms with Crippen LogP contribution < -0.4 is 5.32 Å². The zero-order valence-electron chi connectivity index (χ0n) is 6.48. The molecule has 0 aromatic heterocycles. The maximum absolute atomic E-state index is 10.6. The van der Waals surface area contributed by atoms with E-state index < -0.39 is 0 Å². The van der Waals surface area contributed by atoms with E-state index in [1.165, 1.54) is 0 Å². The van der Waals surface area contributed by atoms with Gasteiger partial charge in [-0.3, -0.25) is 4.79 Å². The van der Waals surface area contributed by atoms with Crippen LogP contribution in [0.2, 0.25) is 0 Å². The van der Waals surface area contributed by atoms with E-state index in [0.717, 1.165) is 5.57 Å². The average Bonchev–Trinajstić information content (AvgIpc) is 1.86. The SMILES string of the molecule is C=C/C(=C\NC)CC(C)=O. The number of ketones is 1. The Morgan fingerprint density at radius 3 is 2.60 bits per heavy atom. The maximum Gasteiger partial charge on any atom is 0.134 e. The topological polar surface area (TPSA) is 29.1 Å². The Kier molecular flexibility index (Phi) is 4.29. The molecule has 2 heteroatoms. The van der Waals surface area contributed by atoms with E-state index in [-0.39, 0.29) is 5.78 Å². The molecule has 0 heterocycles. The quantitative estimate of drug-likeness (QED) is 0.594. The van der Waals surface area contributed by atoms with Gasteiger partial charge in [-0.2, -0.15) is 0 Å². The summed E-state index contributed by atoms with van der Waals surface area (Å²) in [5.74, 6) is 0.154. The lowest BCUT2D eigenvalue weighted by Crippen LogP contribution is -1.98. The second-order valence-corrected chi connectivity index (χ2v) is 2.09. The molecule has 0 spiro atoms. The average molecular weight is 139 g/mol. The Bertz CT molecular complexity index is 159. The van der Waals surface area contributed by atoms with E-state index in [4.69, 9.17) is 0 Å². The van der Waals surface area contributed by atoms with E-state index in [1.807, 2.05) is 0 Å². The van der Waals surface area contributed by atoms with E-state index in [0.29, 0.717) is 6.42 Å². The fourth-order valence-electron chi connectivity index (χ4n) is 0.655. The lowest BCUT2D eigenvalue weighted by Gasteiger charge is -1.96. The molecule has 0 atom stereocenters. The summed E-state index contributed by atoms with van der Waals surface area (Å²) >= 11 is 0. The van der Waals surface area contributed by atoms with Gasteiger partial charge >= 0.3 is 0 Å². The number of carbonyl (C=O) groups is 1. The predicted molar refractivity (Wildman–Crippen MR) is 42.6 cm³/mol. The molecule has 0 unspecified atom stereocenters. The Morgan fingerprint density at radius 1 is 1.70 bits per heavy atom. The minimum Gasteiger partial charge on any atom is -0.394 e. The smallest absolute Gasteiger partial charge is 0.134 e. The Labute approximate surface area is 61.6 Å². The molecule has 0 aromatic rings. The van der Waals surface area contributed by atoms with Gasteiger partial charge in [-0.05, 0) is 18.7 Å². The molecule has 10 heavy (non-hydrogen) atoms. The molecule has 2 nitrogen and oxygen atoms in total. The number of nitrogens with one attached hydrogen (secondary N) is 1. The summed E-state index contributed by atoms with van der Waals surface area (Å²) in [6.45, 7) is 5.13. The molecule has 0 aliphatic carbocycles. The summed E-state index contributed by atoms with van der Waals surface area (Å²) in [4.78, 5) is 10.6. The third-order valence-electron chi connectivity index (χ3n) is 1.04. The molecule has 0 amide bonds. The summed E-state index contributed by atoms with van der Waals surface area (Å²) in [6.07, 6.45) is 3.91. The molecule has 0 aliphatic rings. The summed E-state index contributed by atoms with van der Waals surface area (Å²) in [5, 5.41) is 2.84. The maximum atomic E-state index is 10.6. The highest BCUT2D eigenvalue weighted by Crippen LogP contribution is 2.00. The lowest BCUT2D eigenvalue weighted by atomic mass is 10.1. The van der Waals surface area contributed by atoms with Crippen LogP contribution in [0, 0.1) is 0 Å². The standard InChI is InChI=1S/C8H13NO/c1-4-8(6-9-3)5-7(2)10/h4,6,9H,1,5H2,2-3H3/b8-6+. The monoisotopic (exact) mass is 139 g/mol. The van der Waals surface area contributed by atoms with Crippen LogP contribution in [0.4, 0.5) is 0 Å². The minimum atomic E-state index is 0.154. The van der Waals surface area contributed by atoms with Crippen LogP contribution in [0.15, 0.2) is 24.4 Å². The Hall–Kier alpha value is -1.05. The Morgan fingerprint density at radius 2 is 2.30 bits per heavy atom. The van der Waals surface area contributed by atoms with Crippen LogP contribution in [0.5, 0.6) is 0 Å². The minimum absolute atomic E-state index is 0.154. The highest BCUT2D eigenvalue weighted by atomic mass is 16.1. The van der Waals surface area contributed by atoms with Gasteiger partial charge in [0.15, 0.2) is 0 Å². The summed E-state index contributed by atoms with van der Waals surface area (Å²) < 4.78 is 0. The van der Waals surface area contributed by atoms with Crippen LogP contribution >= 0.6 is 0 Å². The number of allylic oxidation sites excluding steroid dienone is 2. The predicted octanol–water partition coefficient (Wildman–Crippen LogP) is 1.25. The van der Waals surface area contributed by atoms with Gasteiger partial charge in [-0.1, -0.05) is 12.7 Å². The summed E-state index contributed by atoms with van der Waals surface area (Å²) in [5.41, 5.74) is 0.926. The van der Waals surface area contributed by atoms with Crippen molar-refractivity contribution in [1.82, 2.24) is 5.32 Å². The number of rotatable bonds is 4.